The summed E-state index contributed by atoms with van der Waals surface area (Å²) >= 11 is 5.90. The van der Waals surface area contributed by atoms with Crippen molar-refractivity contribution in [2.45, 2.75) is 6.42 Å². The Labute approximate surface area is 353 Å². The molecule has 14 nitrogen and oxygen atoms in total. The van der Waals surface area contributed by atoms with Gasteiger partial charge >= 0.3 is 0 Å². The zero-order chi connectivity index (χ0) is 42.1. The lowest BCUT2D eigenvalue weighted by atomic mass is 10.2. The SMILES string of the molecule is C#Cc1cccc(Nc2ncnc3cc(OCCOC)c(OCCOC)cc23)c1.COc1cc2ncnc(Nc3ccc(F)c(Cl)c3)c2cc1OCCCN1CCOCC1. The van der Waals surface area contributed by atoms with Gasteiger partial charge in [0.1, 0.15) is 43.3 Å². The minimum Gasteiger partial charge on any atom is -0.493 e. The van der Waals surface area contributed by atoms with Crippen LogP contribution < -0.4 is 29.6 Å². The molecule has 0 bridgehead atoms. The van der Waals surface area contributed by atoms with Gasteiger partial charge in [-0.25, -0.2) is 24.3 Å². The third-order valence-corrected chi connectivity index (χ3v) is 9.46. The summed E-state index contributed by atoms with van der Waals surface area (Å²) in [4.78, 5) is 19.8. The molecule has 314 valence electrons. The molecular weight excluding hydrogens is 793 g/mol. The molecule has 2 N–H and O–H groups in total. The molecule has 0 saturated carbocycles. The van der Waals surface area contributed by atoms with Crippen molar-refractivity contribution in [1.29, 1.82) is 0 Å². The number of hydrogen-bond donors (Lipinski definition) is 2. The van der Waals surface area contributed by atoms with Gasteiger partial charge in [0.15, 0.2) is 23.0 Å². The molecule has 0 atom stereocenters. The van der Waals surface area contributed by atoms with Gasteiger partial charge in [-0.15, -0.1) is 6.42 Å². The van der Waals surface area contributed by atoms with Crippen LogP contribution in [0.1, 0.15) is 12.0 Å². The lowest BCUT2D eigenvalue weighted by Gasteiger charge is -2.26. The van der Waals surface area contributed by atoms with Crippen LogP contribution in [-0.2, 0) is 14.2 Å². The minimum absolute atomic E-state index is 0.0364. The molecular formula is C44H47ClFN7O7. The summed E-state index contributed by atoms with van der Waals surface area (Å²) in [6.07, 6.45) is 9.35. The van der Waals surface area contributed by atoms with Crippen LogP contribution in [0.4, 0.5) is 27.4 Å². The molecule has 1 aliphatic rings. The van der Waals surface area contributed by atoms with Crippen molar-refractivity contribution >= 4 is 56.4 Å². The summed E-state index contributed by atoms with van der Waals surface area (Å²) < 4.78 is 52.2. The Hall–Kier alpha value is -6.02. The number of methoxy groups -OCH3 is 3. The third kappa shape index (κ3) is 12.0. The van der Waals surface area contributed by atoms with E-state index in [9.17, 15) is 4.39 Å². The highest BCUT2D eigenvalue weighted by molar-refractivity contribution is 6.31. The first-order chi connectivity index (χ1) is 29.4. The number of aromatic nitrogens is 4. The standard InChI is InChI=1S/C22H24ClFN4O3.C22H23N3O4/c1-29-20-13-19-16(12-21(20)31-8-2-5-28-6-9-30-10-7-28)22(26-14-25-19)27-15-3-4-18(24)17(23)11-15;1-4-16-6-5-7-17(12-16)25-22-18-13-20(28-10-8-26-2)21(29-11-9-27-3)14-19(18)23-15-24-22/h3-4,11-14H,2,5-10H2,1H3,(H,25,26,27);1,5-7,12-15H,8-11H2,2-3H3,(H,23,24,25). The van der Waals surface area contributed by atoms with Crippen molar-refractivity contribution in [3.8, 4) is 35.3 Å². The molecule has 0 unspecified atom stereocenters. The van der Waals surface area contributed by atoms with Crippen LogP contribution in [0.2, 0.25) is 5.02 Å². The molecule has 0 spiro atoms. The second kappa shape index (κ2) is 22.4. The Kier molecular flexibility index (Phi) is 16.2. The number of nitrogens with zero attached hydrogens (tertiary/aromatic N) is 5. The normalized spacial score (nSPS) is 12.6. The van der Waals surface area contributed by atoms with E-state index in [1.165, 1.54) is 24.8 Å². The van der Waals surface area contributed by atoms with Crippen LogP contribution in [0.5, 0.6) is 23.0 Å². The van der Waals surface area contributed by atoms with Crippen molar-refractivity contribution in [2.75, 3.05) is 97.8 Å². The van der Waals surface area contributed by atoms with E-state index in [1.54, 1.807) is 27.4 Å². The van der Waals surface area contributed by atoms with Gasteiger partial charge in [-0.2, -0.15) is 0 Å². The van der Waals surface area contributed by atoms with Crippen LogP contribution in [0.15, 0.2) is 79.4 Å². The summed E-state index contributed by atoms with van der Waals surface area (Å²) in [7, 11) is 4.85. The monoisotopic (exact) mass is 839 g/mol. The number of morpholine rings is 1. The number of halogens is 2. The number of fused-ring (bicyclic) bond motifs is 2. The number of rotatable bonds is 18. The first-order valence-electron chi connectivity index (χ1n) is 19.2. The van der Waals surface area contributed by atoms with Gasteiger partial charge in [0.05, 0.1) is 56.2 Å². The quantitative estimate of drug-likeness (QED) is 0.0645. The highest BCUT2D eigenvalue weighted by Gasteiger charge is 2.15. The number of anilines is 4. The van der Waals surface area contributed by atoms with Crippen LogP contribution in [0, 0.1) is 18.2 Å². The zero-order valence-corrected chi connectivity index (χ0v) is 34.5. The van der Waals surface area contributed by atoms with Gasteiger partial charge in [0.2, 0.25) is 0 Å². The summed E-state index contributed by atoms with van der Waals surface area (Å²) in [6.45, 7) is 6.73. The van der Waals surface area contributed by atoms with Gasteiger partial charge in [-0.1, -0.05) is 23.6 Å². The van der Waals surface area contributed by atoms with E-state index in [4.69, 9.17) is 51.2 Å². The van der Waals surface area contributed by atoms with Crippen molar-refractivity contribution in [1.82, 2.24) is 24.8 Å². The second-order valence-corrected chi connectivity index (χ2v) is 13.6. The predicted octanol–water partition coefficient (Wildman–Crippen LogP) is 7.68. The van der Waals surface area contributed by atoms with Crippen LogP contribution in [0.3, 0.4) is 0 Å². The van der Waals surface area contributed by atoms with E-state index >= 15 is 0 Å². The molecule has 1 saturated heterocycles. The smallest absolute Gasteiger partial charge is 0.163 e. The van der Waals surface area contributed by atoms with Crippen LogP contribution in [-0.4, -0.2) is 112 Å². The number of hydrogen-bond acceptors (Lipinski definition) is 14. The second-order valence-electron chi connectivity index (χ2n) is 13.2. The van der Waals surface area contributed by atoms with Crippen molar-refractivity contribution in [2.24, 2.45) is 0 Å². The van der Waals surface area contributed by atoms with E-state index in [2.05, 4.69) is 41.4 Å². The Morgan fingerprint density at radius 3 is 1.90 bits per heavy atom. The highest BCUT2D eigenvalue weighted by Crippen LogP contribution is 2.36. The summed E-state index contributed by atoms with van der Waals surface area (Å²) in [5.74, 6) is 5.75. The minimum atomic E-state index is -0.475. The molecule has 6 aromatic rings. The summed E-state index contributed by atoms with van der Waals surface area (Å²) in [5, 5.41) is 8.06. The Bertz CT molecular complexity index is 2380. The maximum Gasteiger partial charge on any atom is 0.163 e. The maximum absolute atomic E-state index is 13.5. The summed E-state index contributed by atoms with van der Waals surface area (Å²) in [5.41, 5.74) is 3.66. The molecule has 2 aromatic heterocycles. The average molecular weight is 840 g/mol. The molecule has 1 aliphatic heterocycles. The number of ether oxygens (including phenoxy) is 7. The van der Waals surface area contributed by atoms with Gasteiger partial charge in [-0.05, 0) is 55.0 Å². The van der Waals surface area contributed by atoms with E-state index in [0.29, 0.717) is 78.9 Å². The molecule has 0 aliphatic carbocycles. The first kappa shape index (κ1) is 43.6. The molecule has 7 rings (SSSR count). The van der Waals surface area contributed by atoms with E-state index in [-0.39, 0.29) is 5.02 Å². The molecule has 1 fully saturated rings. The summed E-state index contributed by atoms with van der Waals surface area (Å²) in [6, 6.07) is 19.3. The van der Waals surface area contributed by atoms with Crippen LogP contribution in [0.25, 0.3) is 21.8 Å². The van der Waals surface area contributed by atoms with Crippen molar-refractivity contribution in [3.05, 3.63) is 95.8 Å². The van der Waals surface area contributed by atoms with Crippen molar-refractivity contribution < 1.29 is 37.5 Å². The van der Waals surface area contributed by atoms with Gasteiger partial charge in [-0.3, -0.25) is 4.90 Å². The average Bonchev–Trinajstić information content (AvgIpc) is 3.27. The van der Waals surface area contributed by atoms with E-state index in [1.807, 2.05) is 48.5 Å². The lowest BCUT2D eigenvalue weighted by molar-refractivity contribution is 0.0357. The Morgan fingerprint density at radius 1 is 0.717 bits per heavy atom. The molecule has 4 aromatic carbocycles. The maximum atomic E-state index is 13.5. The molecule has 0 amide bonds. The topological polar surface area (TPSA) is 143 Å². The Morgan fingerprint density at radius 2 is 1.30 bits per heavy atom. The predicted molar refractivity (Wildman–Crippen MR) is 230 cm³/mol. The number of terminal acetylenes is 1. The third-order valence-electron chi connectivity index (χ3n) is 9.17. The lowest BCUT2D eigenvalue weighted by Crippen LogP contribution is -2.37. The highest BCUT2D eigenvalue weighted by atomic mass is 35.5. The molecule has 16 heteroatoms. The molecule has 3 heterocycles. The first-order valence-corrected chi connectivity index (χ1v) is 19.6. The fraction of sp³-hybridized carbons (Fsp3) is 0.318. The van der Waals surface area contributed by atoms with Crippen molar-refractivity contribution in [3.63, 3.8) is 0 Å². The van der Waals surface area contributed by atoms with Gasteiger partial charge in [0, 0.05) is 73.7 Å². The van der Waals surface area contributed by atoms with E-state index < -0.39 is 5.82 Å². The van der Waals surface area contributed by atoms with Crippen LogP contribution >= 0.6 is 11.6 Å². The van der Waals surface area contributed by atoms with E-state index in [0.717, 1.165) is 66.8 Å². The fourth-order valence-electron chi connectivity index (χ4n) is 6.12. The number of benzene rings is 4. The van der Waals surface area contributed by atoms with Gasteiger partial charge < -0.3 is 43.8 Å². The zero-order valence-electron chi connectivity index (χ0n) is 33.7. The van der Waals surface area contributed by atoms with Gasteiger partial charge in [0.25, 0.3) is 0 Å². The Balaban J connectivity index is 0.000000202. The molecule has 0 radical (unpaired) electrons. The molecule has 60 heavy (non-hydrogen) atoms. The fourth-order valence-corrected chi connectivity index (χ4v) is 6.30. The largest absolute Gasteiger partial charge is 0.493 e. The number of nitrogens with one attached hydrogen (secondary N) is 2.